The van der Waals surface area contributed by atoms with Crippen LogP contribution in [0.1, 0.15) is 30.2 Å². The second-order valence-corrected chi connectivity index (χ2v) is 7.21. The van der Waals surface area contributed by atoms with Crippen LogP contribution in [0.15, 0.2) is 16.6 Å². The van der Waals surface area contributed by atoms with Crippen molar-refractivity contribution >= 4 is 31.9 Å². The lowest BCUT2D eigenvalue weighted by Crippen LogP contribution is -2.19. The number of rotatable bonds is 2. The predicted octanol–water partition coefficient (Wildman–Crippen LogP) is 4.47. The fourth-order valence-corrected chi connectivity index (χ4v) is 4.61. The van der Waals surface area contributed by atoms with E-state index in [-0.39, 0.29) is 10.9 Å². The third kappa shape index (κ3) is 2.85. The van der Waals surface area contributed by atoms with Crippen molar-refractivity contribution in [2.45, 2.75) is 30.7 Å². The number of benzene rings is 1. The summed E-state index contributed by atoms with van der Waals surface area (Å²) in [6.07, 6.45) is 2.24. The molecule has 110 valence electrons. The van der Waals surface area contributed by atoms with Crippen LogP contribution in [-0.2, 0) is 4.74 Å². The van der Waals surface area contributed by atoms with Gasteiger partial charge in [0.1, 0.15) is 0 Å². The molecule has 3 rings (SSSR count). The Morgan fingerprint density at radius 3 is 2.50 bits per heavy atom. The van der Waals surface area contributed by atoms with Crippen LogP contribution in [0, 0.1) is 5.92 Å². The summed E-state index contributed by atoms with van der Waals surface area (Å²) in [5.74, 6) is 2.20. The molecule has 3 unspecified atom stereocenters. The van der Waals surface area contributed by atoms with Gasteiger partial charge < -0.3 is 14.2 Å². The zero-order chi connectivity index (χ0) is 14.1. The Labute approximate surface area is 136 Å². The molecule has 2 aliphatic rings. The monoisotopic (exact) mass is 404 g/mol. The molecule has 2 heterocycles. The Bertz CT molecular complexity index is 492. The molecule has 0 radical (unpaired) electrons. The Kier molecular flexibility index (Phi) is 4.58. The maximum absolute atomic E-state index is 5.87. The lowest BCUT2D eigenvalue weighted by molar-refractivity contribution is 0.0933. The third-order valence-corrected chi connectivity index (χ3v) is 5.60. The number of halogens is 2. The van der Waals surface area contributed by atoms with Gasteiger partial charge >= 0.3 is 0 Å². The van der Waals surface area contributed by atoms with E-state index < -0.39 is 0 Å². The molecular formula is C15H18Br2O3. The Morgan fingerprint density at radius 1 is 1.15 bits per heavy atom. The summed E-state index contributed by atoms with van der Waals surface area (Å²) in [5.41, 5.74) is 1.16. The zero-order valence-electron chi connectivity index (χ0n) is 11.4. The molecule has 1 aromatic rings. The van der Waals surface area contributed by atoms with Crippen molar-refractivity contribution < 1.29 is 14.2 Å². The number of alkyl halides is 1. The highest BCUT2D eigenvalue weighted by Crippen LogP contribution is 2.44. The molecule has 0 saturated carbocycles. The van der Waals surface area contributed by atoms with Crippen LogP contribution in [0.2, 0.25) is 0 Å². The molecule has 0 amide bonds. The van der Waals surface area contributed by atoms with E-state index in [0.29, 0.717) is 19.1 Å². The highest BCUT2D eigenvalue weighted by molar-refractivity contribution is 9.11. The number of ether oxygens (including phenoxy) is 3. The summed E-state index contributed by atoms with van der Waals surface area (Å²) in [4.78, 5) is 0.159. The van der Waals surface area contributed by atoms with Crippen molar-refractivity contribution in [3.05, 3.63) is 22.2 Å². The standard InChI is InChI=1S/C15H18Br2O3/c1-9-3-6-20-15(9)14(17)10-7-12-13(8-11(10)16)19-5-2-4-18-12/h7-9,14-15H,2-6H2,1H3. The molecule has 1 aromatic carbocycles. The predicted molar refractivity (Wildman–Crippen MR) is 84.9 cm³/mol. The van der Waals surface area contributed by atoms with Crippen molar-refractivity contribution in [2.75, 3.05) is 19.8 Å². The molecule has 0 bridgehead atoms. The van der Waals surface area contributed by atoms with E-state index >= 15 is 0 Å². The maximum Gasteiger partial charge on any atom is 0.162 e. The van der Waals surface area contributed by atoms with Crippen LogP contribution < -0.4 is 9.47 Å². The third-order valence-electron chi connectivity index (χ3n) is 3.90. The van der Waals surface area contributed by atoms with Gasteiger partial charge in [0.25, 0.3) is 0 Å². The highest BCUT2D eigenvalue weighted by Gasteiger charge is 2.33. The molecule has 20 heavy (non-hydrogen) atoms. The fraction of sp³-hybridized carbons (Fsp3) is 0.600. The molecule has 5 heteroatoms. The van der Waals surface area contributed by atoms with E-state index in [0.717, 1.165) is 41.0 Å². The average Bonchev–Trinajstić information content (AvgIpc) is 2.72. The summed E-state index contributed by atoms with van der Waals surface area (Å²) in [6, 6.07) is 4.07. The maximum atomic E-state index is 5.87. The number of fused-ring (bicyclic) bond motifs is 1. The van der Waals surface area contributed by atoms with Gasteiger partial charge in [0.2, 0.25) is 0 Å². The van der Waals surface area contributed by atoms with Crippen LogP contribution >= 0.6 is 31.9 Å². The second kappa shape index (κ2) is 6.24. The molecule has 0 aliphatic carbocycles. The summed E-state index contributed by atoms with van der Waals surface area (Å²) in [5, 5.41) is 0. The molecule has 0 N–H and O–H groups in total. The number of hydrogen-bond acceptors (Lipinski definition) is 3. The molecular weight excluding hydrogens is 388 g/mol. The fourth-order valence-electron chi connectivity index (χ4n) is 2.68. The van der Waals surface area contributed by atoms with Gasteiger partial charge in [-0.2, -0.15) is 0 Å². The minimum absolute atomic E-state index is 0.159. The molecule has 0 spiro atoms. The van der Waals surface area contributed by atoms with E-state index in [4.69, 9.17) is 14.2 Å². The van der Waals surface area contributed by atoms with E-state index in [1.807, 2.05) is 6.07 Å². The van der Waals surface area contributed by atoms with Crippen molar-refractivity contribution in [3.63, 3.8) is 0 Å². The zero-order valence-corrected chi connectivity index (χ0v) is 14.6. The summed E-state index contributed by atoms with van der Waals surface area (Å²) in [6.45, 7) is 4.50. The van der Waals surface area contributed by atoms with E-state index in [1.54, 1.807) is 0 Å². The van der Waals surface area contributed by atoms with Gasteiger partial charge in [-0.25, -0.2) is 0 Å². The van der Waals surface area contributed by atoms with Crippen LogP contribution in [0.3, 0.4) is 0 Å². The van der Waals surface area contributed by atoms with Gasteiger partial charge in [-0.05, 0) is 30.0 Å². The minimum atomic E-state index is 0.159. The molecule has 1 saturated heterocycles. The van der Waals surface area contributed by atoms with Gasteiger partial charge in [0.15, 0.2) is 11.5 Å². The van der Waals surface area contributed by atoms with Gasteiger partial charge in [-0.15, -0.1) is 0 Å². The minimum Gasteiger partial charge on any atom is -0.490 e. The summed E-state index contributed by atoms with van der Waals surface area (Å²) in [7, 11) is 0. The van der Waals surface area contributed by atoms with Crippen LogP contribution in [0.5, 0.6) is 11.5 Å². The van der Waals surface area contributed by atoms with Gasteiger partial charge in [-0.1, -0.05) is 38.8 Å². The lowest BCUT2D eigenvalue weighted by Gasteiger charge is -2.23. The summed E-state index contributed by atoms with van der Waals surface area (Å²) < 4.78 is 18.4. The van der Waals surface area contributed by atoms with Gasteiger partial charge in [0.05, 0.1) is 24.1 Å². The lowest BCUT2D eigenvalue weighted by atomic mass is 9.97. The van der Waals surface area contributed by atoms with Gasteiger partial charge in [0, 0.05) is 17.5 Å². The van der Waals surface area contributed by atoms with Crippen molar-refractivity contribution in [1.82, 2.24) is 0 Å². The smallest absolute Gasteiger partial charge is 0.162 e. The molecule has 1 fully saturated rings. The largest absolute Gasteiger partial charge is 0.490 e. The van der Waals surface area contributed by atoms with Crippen molar-refractivity contribution in [1.29, 1.82) is 0 Å². The Hall–Kier alpha value is -0.260. The molecule has 3 atom stereocenters. The van der Waals surface area contributed by atoms with Crippen LogP contribution in [0.4, 0.5) is 0 Å². The van der Waals surface area contributed by atoms with Crippen LogP contribution in [-0.4, -0.2) is 25.9 Å². The first-order chi connectivity index (χ1) is 9.66. The quantitative estimate of drug-likeness (QED) is 0.679. The van der Waals surface area contributed by atoms with Crippen molar-refractivity contribution in [2.24, 2.45) is 5.92 Å². The van der Waals surface area contributed by atoms with Crippen molar-refractivity contribution in [3.8, 4) is 11.5 Å². The van der Waals surface area contributed by atoms with Crippen LogP contribution in [0.25, 0.3) is 0 Å². The number of hydrogen-bond donors (Lipinski definition) is 0. The highest BCUT2D eigenvalue weighted by atomic mass is 79.9. The van der Waals surface area contributed by atoms with E-state index in [1.165, 1.54) is 0 Å². The molecule has 0 aromatic heterocycles. The van der Waals surface area contributed by atoms with E-state index in [2.05, 4.69) is 44.8 Å². The first-order valence-corrected chi connectivity index (χ1v) is 8.72. The topological polar surface area (TPSA) is 27.7 Å². The molecule has 3 nitrogen and oxygen atoms in total. The van der Waals surface area contributed by atoms with E-state index in [9.17, 15) is 0 Å². The Morgan fingerprint density at radius 2 is 1.85 bits per heavy atom. The second-order valence-electron chi connectivity index (χ2n) is 5.37. The first kappa shape index (κ1) is 14.7. The normalized spacial score (nSPS) is 27.1. The average molecular weight is 406 g/mol. The first-order valence-electron chi connectivity index (χ1n) is 7.01. The molecule has 2 aliphatic heterocycles. The van der Waals surface area contributed by atoms with Gasteiger partial charge in [-0.3, -0.25) is 0 Å². The SMILES string of the molecule is CC1CCOC1C(Br)c1cc2c(cc1Br)OCCCO2. The summed E-state index contributed by atoms with van der Waals surface area (Å²) >= 11 is 7.45. The Balaban J connectivity index is 1.91.